The molecule has 182 valence electrons. The molecule has 2 aromatic carbocycles. The second-order valence-electron chi connectivity index (χ2n) is 7.65. The molecule has 9 nitrogen and oxygen atoms in total. The summed E-state index contributed by atoms with van der Waals surface area (Å²) in [6.07, 6.45) is 0.155. The smallest absolute Gasteiger partial charge is 0.354 e. The lowest BCUT2D eigenvalue weighted by atomic mass is 10.1. The monoisotopic (exact) mass is 469 g/mol. The van der Waals surface area contributed by atoms with Crippen molar-refractivity contribution in [3.63, 3.8) is 0 Å². The number of hydrazone groups is 1. The summed E-state index contributed by atoms with van der Waals surface area (Å²) in [6.45, 7) is 4.72. The van der Waals surface area contributed by atoms with Crippen LogP contribution in [0.3, 0.4) is 0 Å². The number of carbonyl (C=O) groups is 2. The third-order valence-corrected chi connectivity index (χ3v) is 5.34. The molecule has 1 amide bonds. The Hall–Kier alpha value is -3.59. The molecule has 0 saturated carbocycles. The molecule has 0 aromatic heterocycles. The summed E-state index contributed by atoms with van der Waals surface area (Å²) in [5, 5.41) is 9.00. The van der Waals surface area contributed by atoms with Gasteiger partial charge in [0.25, 0.3) is 0 Å². The molecule has 3 rings (SSSR count). The molecule has 0 bridgehead atoms. The molecular weight excluding hydrogens is 438 g/mol. The van der Waals surface area contributed by atoms with Crippen LogP contribution in [0.2, 0.25) is 0 Å². The number of amides is 1. The van der Waals surface area contributed by atoms with Crippen LogP contribution in [0.25, 0.3) is 0 Å². The van der Waals surface area contributed by atoms with Crippen LogP contribution in [0.1, 0.15) is 31.9 Å². The first-order valence-corrected chi connectivity index (χ1v) is 11.2. The van der Waals surface area contributed by atoms with Gasteiger partial charge in [0.15, 0.2) is 11.5 Å². The molecule has 0 spiro atoms. The molecule has 2 aromatic rings. The Morgan fingerprint density at radius 2 is 1.88 bits per heavy atom. The van der Waals surface area contributed by atoms with Gasteiger partial charge in [0, 0.05) is 13.5 Å². The molecule has 9 heteroatoms. The molecule has 1 aliphatic heterocycles. The number of ether oxygens (including phenoxy) is 4. The maximum absolute atomic E-state index is 13.3. The van der Waals surface area contributed by atoms with Crippen LogP contribution in [-0.2, 0) is 19.1 Å². The normalized spacial score (nSPS) is 15.9. The highest BCUT2D eigenvalue weighted by Gasteiger charge is 2.37. The van der Waals surface area contributed by atoms with Gasteiger partial charge in [0.1, 0.15) is 18.4 Å². The zero-order chi connectivity index (χ0) is 24.5. The largest absolute Gasteiger partial charge is 0.493 e. The van der Waals surface area contributed by atoms with Crippen LogP contribution >= 0.6 is 0 Å². The third-order valence-electron chi connectivity index (χ3n) is 5.34. The van der Waals surface area contributed by atoms with Crippen molar-refractivity contribution in [2.24, 2.45) is 5.10 Å². The molecule has 0 saturated heterocycles. The first-order chi connectivity index (χ1) is 16.5. The number of nitrogens with zero attached hydrogens (tertiary/aromatic N) is 2. The molecular formula is C25H31N3O6. The highest BCUT2D eigenvalue weighted by atomic mass is 16.5. The Bertz CT molecular complexity index is 1010. The molecule has 0 aliphatic carbocycles. The van der Waals surface area contributed by atoms with Crippen molar-refractivity contribution in [3.8, 4) is 11.5 Å². The fourth-order valence-corrected chi connectivity index (χ4v) is 3.57. The van der Waals surface area contributed by atoms with E-state index in [0.29, 0.717) is 30.4 Å². The SMILES string of the molecule is CCOC(=O)C1=NN(c2ccccc2)C(C(=O)NC(C)c2ccc(OCCOC)c(OC)c2)C1. The highest BCUT2D eigenvalue weighted by molar-refractivity contribution is 6.38. The second kappa shape index (κ2) is 12.0. The number of rotatable bonds is 11. The molecule has 1 N–H and O–H groups in total. The van der Waals surface area contributed by atoms with Crippen LogP contribution in [0, 0.1) is 0 Å². The Kier molecular flexibility index (Phi) is 8.86. The van der Waals surface area contributed by atoms with E-state index in [4.69, 9.17) is 18.9 Å². The average molecular weight is 470 g/mol. The molecule has 0 radical (unpaired) electrons. The Balaban J connectivity index is 1.74. The number of esters is 1. The number of para-hydroxylation sites is 1. The molecule has 1 heterocycles. The van der Waals surface area contributed by atoms with Gasteiger partial charge in [-0.15, -0.1) is 0 Å². The minimum Gasteiger partial charge on any atom is -0.493 e. The summed E-state index contributed by atoms with van der Waals surface area (Å²) in [4.78, 5) is 25.6. The van der Waals surface area contributed by atoms with Gasteiger partial charge in [0.05, 0.1) is 32.1 Å². The maximum Gasteiger partial charge on any atom is 0.354 e. The molecule has 34 heavy (non-hydrogen) atoms. The highest BCUT2D eigenvalue weighted by Crippen LogP contribution is 2.31. The summed E-state index contributed by atoms with van der Waals surface area (Å²) in [6, 6.07) is 13.8. The van der Waals surface area contributed by atoms with Gasteiger partial charge in [-0.3, -0.25) is 9.80 Å². The first kappa shape index (κ1) is 25.0. The molecule has 1 aliphatic rings. The standard InChI is InChI=1S/C25H31N3O6/c1-5-33-25(30)20-16-21(28(27-20)19-9-7-6-8-10-19)24(29)26-17(2)18-11-12-22(23(15-18)32-4)34-14-13-31-3/h6-12,15,17,21H,5,13-14,16H2,1-4H3,(H,26,29). The van der Waals surface area contributed by atoms with Gasteiger partial charge in [-0.1, -0.05) is 24.3 Å². The maximum atomic E-state index is 13.3. The van der Waals surface area contributed by atoms with E-state index in [1.165, 1.54) is 0 Å². The van der Waals surface area contributed by atoms with E-state index in [1.54, 1.807) is 32.2 Å². The number of hydrogen-bond donors (Lipinski definition) is 1. The fourth-order valence-electron chi connectivity index (χ4n) is 3.57. The minimum absolute atomic E-state index is 0.155. The zero-order valence-electron chi connectivity index (χ0n) is 19.9. The lowest BCUT2D eigenvalue weighted by Crippen LogP contribution is -2.43. The van der Waals surface area contributed by atoms with E-state index in [2.05, 4.69) is 10.4 Å². The summed E-state index contributed by atoms with van der Waals surface area (Å²) in [7, 11) is 3.17. The van der Waals surface area contributed by atoms with Gasteiger partial charge >= 0.3 is 5.97 Å². The number of benzene rings is 2. The van der Waals surface area contributed by atoms with Crippen LogP contribution in [0.4, 0.5) is 5.69 Å². The number of nitrogens with one attached hydrogen (secondary N) is 1. The fraction of sp³-hybridized carbons (Fsp3) is 0.400. The Morgan fingerprint density at radius 3 is 2.56 bits per heavy atom. The molecule has 0 fully saturated rings. The van der Waals surface area contributed by atoms with E-state index in [1.807, 2.05) is 49.4 Å². The lowest BCUT2D eigenvalue weighted by molar-refractivity contribution is -0.135. The predicted molar refractivity (Wildman–Crippen MR) is 128 cm³/mol. The van der Waals surface area contributed by atoms with Crippen LogP contribution < -0.4 is 19.8 Å². The van der Waals surface area contributed by atoms with E-state index < -0.39 is 12.0 Å². The Morgan fingerprint density at radius 1 is 1.12 bits per heavy atom. The summed E-state index contributed by atoms with van der Waals surface area (Å²) in [5.74, 6) is 0.397. The van der Waals surface area contributed by atoms with E-state index in [0.717, 1.165) is 5.56 Å². The first-order valence-electron chi connectivity index (χ1n) is 11.2. The van der Waals surface area contributed by atoms with Crippen molar-refractivity contribution >= 4 is 23.3 Å². The van der Waals surface area contributed by atoms with Crippen molar-refractivity contribution in [1.82, 2.24) is 5.32 Å². The van der Waals surface area contributed by atoms with Gasteiger partial charge in [-0.05, 0) is 43.7 Å². The van der Waals surface area contributed by atoms with Gasteiger partial charge < -0.3 is 24.3 Å². The van der Waals surface area contributed by atoms with Crippen molar-refractivity contribution < 1.29 is 28.5 Å². The van der Waals surface area contributed by atoms with Crippen LogP contribution in [0.15, 0.2) is 53.6 Å². The second-order valence-corrected chi connectivity index (χ2v) is 7.65. The number of hydrogen-bond acceptors (Lipinski definition) is 8. The van der Waals surface area contributed by atoms with Gasteiger partial charge in [-0.2, -0.15) is 5.10 Å². The lowest BCUT2D eigenvalue weighted by Gasteiger charge is -2.25. The van der Waals surface area contributed by atoms with Crippen molar-refractivity contribution in [2.75, 3.05) is 39.0 Å². The van der Waals surface area contributed by atoms with E-state index in [9.17, 15) is 9.59 Å². The van der Waals surface area contributed by atoms with E-state index >= 15 is 0 Å². The number of anilines is 1. The van der Waals surface area contributed by atoms with Crippen molar-refractivity contribution in [2.45, 2.75) is 32.4 Å². The minimum atomic E-state index is -0.678. The van der Waals surface area contributed by atoms with Crippen molar-refractivity contribution in [3.05, 3.63) is 54.1 Å². The van der Waals surface area contributed by atoms with Crippen LogP contribution in [-0.4, -0.2) is 57.7 Å². The average Bonchev–Trinajstić information content (AvgIpc) is 3.31. The van der Waals surface area contributed by atoms with Gasteiger partial charge in [-0.25, -0.2) is 4.79 Å². The van der Waals surface area contributed by atoms with Gasteiger partial charge in [0.2, 0.25) is 5.91 Å². The van der Waals surface area contributed by atoms with Crippen LogP contribution in [0.5, 0.6) is 11.5 Å². The third kappa shape index (κ3) is 6.05. The quantitative estimate of drug-likeness (QED) is 0.399. The summed E-state index contributed by atoms with van der Waals surface area (Å²) in [5.41, 5.74) is 1.78. The number of carbonyl (C=O) groups excluding carboxylic acids is 2. The topological polar surface area (TPSA) is 98.7 Å². The summed E-state index contributed by atoms with van der Waals surface area (Å²) >= 11 is 0. The van der Waals surface area contributed by atoms with Crippen molar-refractivity contribution in [1.29, 1.82) is 0 Å². The predicted octanol–water partition coefficient (Wildman–Crippen LogP) is 3.10. The summed E-state index contributed by atoms with van der Waals surface area (Å²) < 4.78 is 21.2. The van der Waals surface area contributed by atoms with E-state index in [-0.39, 0.29) is 30.7 Å². The zero-order valence-corrected chi connectivity index (χ0v) is 19.9. The Labute approximate surface area is 199 Å². The molecule has 2 atom stereocenters. The molecule has 2 unspecified atom stereocenters. The number of methoxy groups -OCH3 is 2.